The monoisotopic (exact) mass is 287 g/mol. The lowest BCUT2D eigenvalue weighted by Gasteiger charge is -2.50. The third-order valence-electron chi connectivity index (χ3n) is 5.17. The van der Waals surface area contributed by atoms with Gasteiger partial charge in [0.2, 0.25) is 0 Å². The molecule has 0 N–H and O–H groups in total. The lowest BCUT2D eigenvalue weighted by molar-refractivity contribution is -0.00990. The first kappa shape index (κ1) is 16.5. The van der Waals surface area contributed by atoms with Crippen molar-refractivity contribution >= 4 is 0 Å². The summed E-state index contributed by atoms with van der Waals surface area (Å²) in [6.45, 7) is 18.1. The van der Waals surface area contributed by atoms with Gasteiger partial charge in [-0.3, -0.25) is 4.90 Å². The Bertz CT molecular complexity index is 435. The van der Waals surface area contributed by atoms with E-state index >= 15 is 0 Å². The lowest BCUT2D eigenvalue weighted by atomic mass is 9.61. The third kappa shape index (κ3) is 4.32. The molecule has 2 unspecified atom stereocenters. The average Bonchev–Trinajstić information content (AvgIpc) is 2.37. The van der Waals surface area contributed by atoms with Crippen molar-refractivity contribution in [3.63, 3.8) is 0 Å². The van der Waals surface area contributed by atoms with E-state index in [1.54, 1.807) is 0 Å². The van der Waals surface area contributed by atoms with Crippen LogP contribution in [0, 0.1) is 22.7 Å². The number of rotatable bonds is 2. The van der Waals surface area contributed by atoms with Gasteiger partial charge < -0.3 is 0 Å². The van der Waals surface area contributed by atoms with Gasteiger partial charge in [0.1, 0.15) is 0 Å². The minimum atomic E-state index is 0.382. The fourth-order valence-corrected chi connectivity index (χ4v) is 3.92. The second-order valence-electron chi connectivity index (χ2n) is 8.95. The van der Waals surface area contributed by atoms with Crippen molar-refractivity contribution in [2.75, 3.05) is 13.1 Å². The first-order valence-electron chi connectivity index (χ1n) is 8.44. The van der Waals surface area contributed by atoms with Crippen molar-refractivity contribution in [1.29, 1.82) is 0 Å². The van der Waals surface area contributed by atoms with Gasteiger partial charge in [-0.25, -0.2) is 0 Å². The number of piperidine rings is 1. The van der Waals surface area contributed by atoms with Crippen molar-refractivity contribution in [3.05, 3.63) is 35.9 Å². The summed E-state index contributed by atoms with van der Waals surface area (Å²) in [6, 6.07) is 10.9. The van der Waals surface area contributed by atoms with E-state index in [1.807, 2.05) is 0 Å². The molecular weight excluding hydrogens is 254 g/mol. The Labute approximate surface area is 131 Å². The molecule has 2 rings (SSSR count). The second-order valence-corrected chi connectivity index (χ2v) is 8.95. The van der Waals surface area contributed by atoms with Crippen LogP contribution in [-0.4, -0.2) is 18.0 Å². The van der Waals surface area contributed by atoms with Crippen molar-refractivity contribution in [1.82, 2.24) is 4.90 Å². The first-order chi connectivity index (χ1) is 9.68. The number of hydrogen-bond donors (Lipinski definition) is 0. The molecule has 0 bridgehead atoms. The van der Waals surface area contributed by atoms with E-state index < -0.39 is 0 Å². The number of benzene rings is 1. The van der Waals surface area contributed by atoms with E-state index in [-0.39, 0.29) is 0 Å². The standard InChI is InChI=1S/C20H33N/c1-19(2,3)17-12-13-21(15-18(17)20(4,5)6)14-16-10-8-7-9-11-16/h7-11,17-18H,12-15H2,1-6H3. The highest BCUT2D eigenvalue weighted by atomic mass is 15.1. The summed E-state index contributed by atoms with van der Waals surface area (Å²) in [6.07, 6.45) is 1.33. The predicted octanol–water partition coefficient (Wildman–Crippen LogP) is 5.22. The van der Waals surface area contributed by atoms with Crippen LogP contribution in [0.1, 0.15) is 53.5 Å². The molecule has 0 amide bonds. The van der Waals surface area contributed by atoms with E-state index in [4.69, 9.17) is 0 Å². The van der Waals surface area contributed by atoms with Gasteiger partial charge in [0.05, 0.1) is 0 Å². The molecule has 0 spiro atoms. The van der Waals surface area contributed by atoms with Gasteiger partial charge in [-0.2, -0.15) is 0 Å². The van der Waals surface area contributed by atoms with E-state index in [0.29, 0.717) is 10.8 Å². The Morgan fingerprint density at radius 3 is 2.00 bits per heavy atom. The average molecular weight is 287 g/mol. The zero-order chi connectivity index (χ0) is 15.7. The molecule has 1 heterocycles. The van der Waals surface area contributed by atoms with E-state index in [9.17, 15) is 0 Å². The van der Waals surface area contributed by atoms with Crippen LogP contribution in [0.4, 0.5) is 0 Å². The van der Waals surface area contributed by atoms with Gasteiger partial charge in [-0.15, -0.1) is 0 Å². The first-order valence-corrected chi connectivity index (χ1v) is 8.44. The molecular formula is C20H33N. The summed E-state index contributed by atoms with van der Waals surface area (Å²) in [4.78, 5) is 2.66. The van der Waals surface area contributed by atoms with Crippen LogP contribution in [0.25, 0.3) is 0 Å². The molecule has 1 aliphatic rings. The van der Waals surface area contributed by atoms with Crippen LogP contribution >= 0.6 is 0 Å². The number of hydrogen-bond acceptors (Lipinski definition) is 1. The SMILES string of the molecule is CC(C)(C)C1CCN(Cc2ccccc2)CC1C(C)(C)C. The predicted molar refractivity (Wildman–Crippen MR) is 92.2 cm³/mol. The second kappa shape index (κ2) is 6.12. The Balaban J connectivity index is 2.10. The third-order valence-corrected chi connectivity index (χ3v) is 5.17. The summed E-state index contributed by atoms with van der Waals surface area (Å²) in [7, 11) is 0. The molecule has 0 aliphatic carbocycles. The van der Waals surface area contributed by atoms with Gasteiger partial charge >= 0.3 is 0 Å². The maximum Gasteiger partial charge on any atom is 0.0233 e. The van der Waals surface area contributed by atoms with Crippen molar-refractivity contribution in [2.45, 2.75) is 54.5 Å². The van der Waals surface area contributed by atoms with E-state index in [2.05, 4.69) is 76.8 Å². The van der Waals surface area contributed by atoms with Crippen molar-refractivity contribution < 1.29 is 0 Å². The molecule has 1 aromatic carbocycles. The van der Waals surface area contributed by atoms with Crippen LogP contribution in [-0.2, 0) is 6.54 Å². The molecule has 0 radical (unpaired) electrons. The van der Waals surface area contributed by atoms with Crippen LogP contribution in [0.15, 0.2) is 30.3 Å². The fraction of sp³-hybridized carbons (Fsp3) is 0.700. The van der Waals surface area contributed by atoms with Gasteiger partial charge in [0.25, 0.3) is 0 Å². The zero-order valence-electron chi connectivity index (χ0n) is 14.8. The van der Waals surface area contributed by atoms with Crippen LogP contribution in [0.3, 0.4) is 0 Å². The summed E-state index contributed by atoms with van der Waals surface area (Å²) < 4.78 is 0. The molecule has 1 aliphatic heterocycles. The van der Waals surface area contributed by atoms with Gasteiger partial charge in [-0.05, 0) is 41.2 Å². The molecule has 21 heavy (non-hydrogen) atoms. The minimum Gasteiger partial charge on any atom is -0.299 e. The molecule has 1 heteroatoms. The van der Waals surface area contributed by atoms with Crippen molar-refractivity contribution in [2.24, 2.45) is 22.7 Å². The smallest absolute Gasteiger partial charge is 0.0233 e. The number of likely N-dealkylation sites (tertiary alicyclic amines) is 1. The topological polar surface area (TPSA) is 3.24 Å². The van der Waals surface area contributed by atoms with Crippen molar-refractivity contribution in [3.8, 4) is 0 Å². The highest BCUT2D eigenvalue weighted by Gasteiger charge is 2.41. The molecule has 118 valence electrons. The van der Waals surface area contributed by atoms with Gasteiger partial charge in [0.15, 0.2) is 0 Å². The molecule has 1 fully saturated rings. The summed E-state index contributed by atoms with van der Waals surface area (Å²) in [5, 5.41) is 0. The van der Waals surface area contributed by atoms with Crippen LogP contribution in [0.5, 0.6) is 0 Å². The van der Waals surface area contributed by atoms with Gasteiger partial charge in [0, 0.05) is 13.1 Å². The summed E-state index contributed by atoms with van der Waals surface area (Å²) in [5.74, 6) is 1.60. The maximum absolute atomic E-state index is 2.66. The Kier molecular flexibility index (Phi) is 4.82. The minimum absolute atomic E-state index is 0.382. The van der Waals surface area contributed by atoms with E-state index in [1.165, 1.54) is 25.1 Å². The maximum atomic E-state index is 2.66. The lowest BCUT2D eigenvalue weighted by Crippen LogP contribution is -2.49. The summed E-state index contributed by atoms with van der Waals surface area (Å²) in [5.41, 5.74) is 2.24. The Morgan fingerprint density at radius 1 is 0.905 bits per heavy atom. The van der Waals surface area contributed by atoms with Gasteiger partial charge in [-0.1, -0.05) is 71.9 Å². The molecule has 2 atom stereocenters. The van der Waals surface area contributed by atoms with E-state index in [0.717, 1.165) is 18.4 Å². The Hall–Kier alpha value is -0.820. The fourth-order valence-electron chi connectivity index (χ4n) is 3.92. The van der Waals surface area contributed by atoms with Crippen LogP contribution in [0.2, 0.25) is 0 Å². The molecule has 0 aromatic heterocycles. The largest absolute Gasteiger partial charge is 0.299 e. The summed E-state index contributed by atoms with van der Waals surface area (Å²) >= 11 is 0. The quantitative estimate of drug-likeness (QED) is 0.721. The Morgan fingerprint density at radius 2 is 1.48 bits per heavy atom. The molecule has 1 saturated heterocycles. The highest BCUT2D eigenvalue weighted by Crippen LogP contribution is 2.45. The number of nitrogens with zero attached hydrogens (tertiary/aromatic N) is 1. The molecule has 1 nitrogen and oxygen atoms in total. The highest BCUT2D eigenvalue weighted by molar-refractivity contribution is 5.14. The normalized spacial score (nSPS) is 25.0. The molecule has 0 saturated carbocycles. The molecule has 1 aromatic rings. The zero-order valence-corrected chi connectivity index (χ0v) is 14.8. The van der Waals surface area contributed by atoms with Crippen LogP contribution < -0.4 is 0 Å².